The van der Waals surface area contributed by atoms with Gasteiger partial charge in [-0.05, 0) is 6.42 Å². The van der Waals surface area contributed by atoms with Gasteiger partial charge < -0.3 is 9.26 Å². The van der Waals surface area contributed by atoms with E-state index in [0.29, 0.717) is 11.7 Å². The number of nitrogens with zero attached hydrogens (tertiary/aromatic N) is 3. The van der Waals surface area contributed by atoms with E-state index in [0.717, 1.165) is 24.5 Å². The van der Waals surface area contributed by atoms with E-state index in [1.165, 1.54) is 0 Å². The van der Waals surface area contributed by atoms with E-state index in [1.54, 1.807) is 0 Å². The van der Waals surface area contributed by atoms with Crippen molar-refractivity contribution in [2.75, 3.05) is 18.1 Å². The summed E-state index contributed by atoms with van der Waals surface area (Å²) in [5, 5.41) is 12.7. The third-order valence-electron chi connectivity index (χ3n) is 2.83. The van der Waals surface area contributed by atoms with Gasteiger partial charge in [0.2, 0.25) is 11.7 Å². The average molecular weight is 237 g/mol. The van der Waals surface area contributed by atoms with Crippen molar-refractivity contribution in [1.29, 1.82) is 5.26 Å². The molecule has 2 fully saturated rings. The Kier molecular flexibility index (Phi) is 2.58. The van der Waals surface area contributed by atoms with Crippen LogP contribution in [0.5, 0.6) is 0 Å². The number of hydrogen-bond donors (Lipinski definition) is 0. The number of aromatic nitrogens is 2. The van der Waals surface area contributed by atoms with Gasteiger partial charge >= 0.3 is 0 Å². The van der Waals surface area contributed by atoms with E-state index < -0.39 is 0 Å². The summed E-state index contributed by atoms with van der Waals surface area (Å²) in [7, 11) is 0. The van der Waals surface area contributed by atoms with Crippen molar-refractivity contribution in [3.63, 3.8) is 0 Å². The van der Waals surface area contributed by atoms with Crippen LogP contribution >= 0.6 is 11.8 Å². The van der Waals surface area contributed by atoms with Gasteiger partial charge in [-0.15, -0.1) is 0 Å². The lowest BCUT2D eigenvalue weighted by Gasteiger charge is -2.18. The normalized spacial score (nSPS) is 33.3. The molecule has 3 rings (SSSR count). The van der Waals surface area contributed by atoms with Crippen LogP contribution in [0, 0.1) is 17.2 Å². The lowest BCUT2D eigenvalue weighted by atomic mass is 10.3. The van der Waals surface area contributed by atoms with E-state index in [-0.39, 0.29) is 17.9 Å². The summed E-state index contributed by atoms with van der Waals surface area (Å²) in [6, 6.07) is 2.21. The van der Waals surface area contributed by atoms with Gasteiger partial charge in [-0.3, -0.25) is 0 Å². The van der Waals surface area contributed by atoms with Crippen LogP contribution < -0.4 is 0 Å². The Hall–Kier alpha value is -1.06. The molecular formula is C10H11N3O2S. The quantitative estimate of drug-likeness (QED) is 0.776. The molecule has 0 aromatic carbocycles. The molecule has 84 valence electrons. The fourth-order valence-corrected chi connectivity index (χ4v) is 2.62. The third kappa shape index (κ3) is 1.81. The second-order valence-corrected chi connectivity index (χ2v) is 5.15. The second kappa shape index (κ2) is 4.07. The smallest absolute Gasteiger partial charge is 0.231 e. The zero-order chi connectivity index (χ0) is 11.0. The molecule has 0 spiro atoms. The molecule has 1 aromatic rings. The van der Waals surface area contributed by atoms with E-state index in [2.05, 4.69) is 16.2 Å². The highest BCUT2D eigenvalue weighted by molar-refractivity contribution is 7.99. The first-order valence-electron chi connectivity index (χ1n) is 5.31. The molecule has 1 saturated heterocycles. The zero-order valence-electron chi connectivity index (χ0n) is 8.63. The third-order valence-corrected chi connectivity index (χ3v) is 3.83. The van der Waals surface area contributed by atoms with Crippen LogP contribution in [0.4, 0.5) is 0 Å². The zero-order valence-corrected chi connectivity index (χ0v) is 9.44. The topological polar surface area (TPSA) is 71.9 Å². The van der Waals surface area contributed by atoms with Crippen LogP contribution in [0.25, 0.3) is 0 Å². The van der Waals surface area contributed by atoms with Crippen LogP contribution in [0.1, 0.15) is 30.2 Å². The molecule has 0 N–H and O–H groups in total. The molecular weight excluding hydrogens is 226 g/mol. The minimum absolute atomic E-state index is 0.0458. The molecule has 2 heterocycles. The summed E-state index contributed by atoms with van der Waals surface area (Å²) in [5.41, 5.74) is 0. The Morgan fingerprint density at radius 2 is 2.44 bits per heavy atom. The van der Waals surface area contributed by atoms with Crippen LogP contribution in [0.2, 0.25) is 0 Å². The summed E-state index contributed by atoms with van der Waals surface area (Å²) in [6.45, 7) is 0.740. The Labute approximate surface area is 97.2 Å². The predicted molar refractivity (Wildman–Crippen MR) is 56.8 cm³/mol. The largest absolute Gasteiger partial charge is 0.368 e. The van der Waals surface area contributed by atoms with E-state index in [4.69, 9.17) is 14.5 Å². The van der Waals surface area contributed by atoms with Gasteiger partial charge in [-0.1, -0.05) is 5.16 Å². The fraction of sp³-hybridized carbons (Fsp3) is 0.700. The first kappa shape index (κ1) is 10.1. The van der Waals surface area contributed by atoms with Crippen molar-refractivity contribution < 1.29 is 9.26 Å². The van der Waals surface area contributed by atoms with Crippen molar-refractivity contribution >= 4 is 11.8 Å². The van der Waals surface area contributed by atoms with Crippen molar-refractivity contribution in [2.45, 2.75) is 18.4 Å². The van der Waals surface area contributed by atoms with Gasteiger partial charge in [0.25, 0.3) is 0 Å². The summed E-state index contributed by atoms with van der Waals surface area (Å²) >= 11 is 1.84. The summed E-state index contributed by atoms with van der Waals surface area (Å²) in [6.07, 6.45) is 0.800. The number of nitriles is 1. The van der Waals surface area contributed by atoms with Crippen LogP contribution in [-0.2, 0) is 4.74 Å². The van der Waals surface area contributed by atoms with E-state index >= 15 is 0 Å². The number of ether oxygens (including phenoxy) is 1. The van der Waals surface area contributed by atoms with Crippen molar-refractivity contribution in [1.82, 2.24) is 10.1 Å². The molecule has 16 heavy (non-hydrogen) atoms. The lowest BCUT2D eigenvalue weighted by molar-refractivity contribution is 0.0677. The fourth-order valence-electron chi connectivity index (χ4n) is 1.78. The molecule has 1 aliphatic heterocycles. The van der Waals surface area contributed by atoms with Crippen LogP contribution in [0.3, 0.4) is 0 Å². The van der Waals surface area contributed by atoms with Gasteiger partial charge in [0.15, 0.2) is 0 Å². The summed E-state index contributed by atoms with van der Waals surface area (Å²) in [5.74, 6) is 3.36. The maximum absolute atomic E-state index is 8.73. The minimum atomic E-state index is -0.0458. The molecule has 3 atom stereocenters. The lowest BCUT2D eigenvalue weighted by Crippen LogP contribution is -2.16. The van der Waals surface area contributed by atoms with Gasteiger partial charge in [0.1, 0.15) is 6.10 Å². The molecule has 1 aromatic heterocycles. The molecule has 3 unspecified atom stereocenters. The molecule has 0 amide bonds. The van der Waals surface area contributed by atoms with Crippen LogP contribution in [-0.4, -0.2) is 28.3 Å². The molecule has 0 bridgehead atoms. The number of thioether (sulfide) groups is 1. The van der Waals surface area contributed by atoms with Gasteiger partial charge in [0.05, 0.1) is 24.5 Å². The summed E-state index contributed by atoms with van der Waals surface area (Å²) < 4.78 is 10.7. The maximum Gasteiger partial charge on any atom is 0.231 e. The first-order valence-corrected chi connectivity index (χ1v) is 6.46. The van der Waals surface area contributed by atoms with E-state index in [9.17, 15) is 0 Å². The van der Waals surface area contributed by atoms with Crippen molar-refractivity contribution in [3.05, 3.63) is 11.7 Å². The Bertz CT molecular complexity index is 422. The Balaban J connectivity index is 1.70. The molecule has 6 heteroatoms. The maximum atomic E-state index is 8.73. The predicted octanol–water partition coefficient (Wildman–Crippen LogP) is 1.50. The highest BCUT2D eigenvalue weighted by Gasteiger charge is 2.43. The Morgan fingerprint density at radius 1 is 1.50 bits per heavy atom. The number of rotatable bonds is 2. The average Bonchev–Trinajstić information content (AvgIpc) is 2.98. The molecule has 2 aliphatic rings. The monoisotopic (exact) mass is 237 g/mol. The van der Waals surface area contributed by atoms with Crippen molar-refractivity contribution in [2.24, 2.45) is 5.92 Å². The second-order valence-electron chi connectivity index (χ2n) is 4.00. The first-order chi connectivity index (χ1) is 7.88. The SMILES string of the molecule is N#CC1CC1c1nc(C2CSCCO2)no1. The highest BCUT2D eigenvalue weighted by atomic mass is 32.2. The van der Waals surface area contributed by atoms with Gasteiger partial charge in [-0.25, -0.2) is 0 Å². The van der Waals surface area contributed by atoms with Crippen molar-refractivity contribution in [3.8, 4) is 6.07 Å². The van der Waals surface area contributed by atoms with E-state index in [1.807, 2.05) is 11.8 Å². The standard InChI is InChI=1S/C10H11N3O2S/c11-4-6-3-7(6)10-12-9(13-15-10)8-5-16-2-1-14-8/h6-8H,1-3,5H2. The molecule has 5 nitrogen and oxygen atoms in total. The Morgan fingerprint density at radius 3 is 3.12 bits per heavy atom. The summed E-state index contributed by atoms with van der Waals surface area (Å²) in [4.78, 5) is 4.33. The van der Waals surface area contributed by atoms with Crippen LogP contribution in [0.15, 0.2) is 4.52 Å². The van der Waals surface area contributed by atoms with Gasteiger partial charge in [-0.2, -0.15) is 22.0 Å². The molecule has 1 aliphatic carbocycles. The highest BCUT2D eigenvalue weighted by Crippen LogP contribution is 2.46. The molecule has 1 saturated carbocycles. The minimum Gasteiger partial charge on any atom is -0.368 e. The number of hydrogen-bond acceptors (Lipinski definition) is 6. The molecule has 0 radical (unpaired) electrons. The van der Waals surface area contributed by atoms with Gasteiger partial charge in [0, 0.05) is 11.5 Å².